The van der Waals surface area contributed by atoms with Crippen molar-refractivity contribution < 1.29 is 163 Å². The summed E-state index contributed by atoms with van der Waals surface area (Å²) in [5, 5.41) is 0. The average Bonchev–Trinajstić information content (AvgIpc) is 3.02. The molecular formula is C22H5F35O2. The molecule has 0 aromatic heterocycles. The third-order valence-corrected chi connectivity index (χ3v) is 7.75. The van der Waals surface area contributed by atoms with Gasteiger partial charge in [0.25, 0.3) is 0 Å². The Hall–Kier alpha value is -3.24. The molecule has 0 bridgehead atoms. The minimum atomic E-state index is -10.7. The lowest BCUT2D eigenvalue weighted by Gasteiger charge is -2.49. The molecule has 0 spiro atoms. The van der Waals surface area contributed by atoms with E-state index in [-0.39, 0.29) is 6.92 Å². The Balaban J connectivity index is 4.32. The van der Waals surface area contributed by atoms with Gasteiger partial charge < -0.3 is 4.74 Å². The van der Waals surface area contributed by atoms with Gasteiger partial charge in [0.2, 0.25) is 0 Å². The van der Waals surface area contributed by atoms with Crippen LogP contribution in [-0.4, -0.2) is 113 Å². The maximum Gasteiger partial charge on any atom is 0.473 e. The molecule has 0 aromatic carbocycles. The monoisotopic (exact) mass is 966 g/mol. The molecule has 1 aliphatic rings. The molecule has 0 aromatic rings. The minimum Gasteiger partial charge on any atom is -0.393 e. The molecule has 1 saturated carbocycles. The zero-order valence-electron chi connectivity index (χ0n) is 25.8. The standard InChI is InChI=1S/C22H5F35O2/c1-3(2)4(58)59-22(56,57)21(54,55)20(52,53)19(50,51)18(48,49)17(46,47)16(44,45)15(42,43)14(40,41)11(34,35)8(28,29)5(23)6(24,25)9(30,31)12(36,37)13(38,39)10(32,33)7(5,26)27/h1H2,2H3. The Morgan fingerprint density at radius 2 is 0.542 bits per heavy atom. The molecule has 0 saturated heterocycles. The lowest BCUT2D eigenvalue weighted by molar-refractivity contribution is -0.492. The van der Waals surface area contributed by atoms with Gasteiger partial charge in [-0.2, -0.15) is 149 Å². The molecule has 2 nitrogen and oxygen atoms in total. The molecule has 37 heteroatoms. The van der Waals surface area contributed by atoms with Gasteiger partial charge >= 0.3 is 113 Å². The van der Waals surface area contributed by atoms with Crippen LogP contribution in [0.15, 0.2) is 12.2 Å². The molecule has 0 unspecified atom stereocenters. The van der Waals surface area contributed by atoms with Gasteiger partial charge in [0.1, 0.15) is 0 Å². The van der Waals surface area contributed by atoms with Crippen LogP contribution < -0.4 is 0 Å². The zero-order valence-corrected chi connectivity index (χ0v) is 25.8. The van der Waals surface area contributed by atoms with E-state index in [1.807, 2.05) is 0 Å². The fourth-order valence-electron chi connectivity index (χ4n) is 4.06. The van der Waals surface area contributed by atoms with Crippen molar-refractivity contribution in [3.8, 4) is 0 Å². The molecular weight excluding hydrogens is 961 g/mol. The smallest absolute Gasteiger partial charge is 0.393 e. The van der Waals surface area contributed by atoms with Crippen LogP contribution in [-0.2, 0) is 9.53 Å². The summed E-state index contributed by atoms with van der Waals surface area (Å²) >= 11 is 0. The van der Waals surface area contributed by atoms with E-state index in [0.29, 0.717) is 0 Å². The Kier molecular flexibility index (Phi) is 11.5. The average molecular weight is 966 g/mol. The number of hydrogen-bond donors (Lipinski definition) is 0. The number of carbonyl (C=O) groups excluding carboxylic acids is 1. The topological polar surface area (TPSA) is 26.3 Å². The molecule has 0 aliphatic heterocycles. The molecule has 350 valence electrons. The third-order valence-electron chi connectivity index (χ3n) is 7.75. The molecule has 0 radical (unpaired) electrons. The van der Waals surface area contributed by atoms with Gasteiger partial charge in [0.05, 0.1) is 0 Å². The highest BCUT2D eigenvalue weighted by Gasteiger charge is 3.09. The summed E-state index contributed by atoms with van der Waals surface area (Å²) < 4.78 is 491. The second-order valence-corrected chi connectivity index (χ2v) is 11.5. The van der Waals surface area contributed by atoms with Gasteiger partial charge in [-0.25, -0.2) is 9.18 Å². The summed E-state index contributed by atoms with van der Waals surface area (Å²) in [5.74, 6) is -163. The fraction of sp³-hybridized carbons (Fsp3) is 0.864. The van der Waals surface area contributed by atoms with Gasteiger partial charge in [-0.3, -0.25) is 0 Å². The van der Waals surface area contributed by atoms with Crippen molar-refractivity contribution in [2.45, 2.75) is 113 Å². The maximum absolute atomic E-state index is 14.9. The molecule has 0 amide bonds. The van der Waals surface area contributed by atoms with Crippen LogP contribution in [0.4, 0.5) is 154 Å². The van der Waals surface area contributed by atoms with Crippen LogP contribution in [0.2, 0.25) is 0 Å². The van der Waals surface area contributed by atoms with Crippen LogP contribution in [0.25, 0.3) is 0 Å². The van der Waals surface area contributed by atoms with Gasteiger partial charge in [0, 0.05) is 5.57 Å². The number of alkyl halides is 35. The molecule has 1 aliphatic carbocycles. The first-order chi connectivity index (χ1) is 24.8. The minimum absolute atomic E-state index is 0.0674. The van der Waals surface area contributed by atoms with Crippen molar-refractivity contribution in [1.29, 1.82) is 0 Å². The molecule has 1 fully saturated rings. The summed E-state index contributed by atoms with van der Waals surface area (Å²) in [6, 6.07) is 0. The Labute approximate surface area is 296 Å². The fourth-order valence-corrected chi connectivity index (χ4v) is 4.06. The largest absolute Gasteiger partial charge is 0.473 e. The molecule has 0 N–H and O–H groups in total. The second kappa shape index (κ2) is 12.7. The van der Waals surface area contributed by atoms with E-state index in [1.54, 1.807) is 0 Å². The predicted octanol–water partition coefficient (Wildman–Crippen LogP) is 11.6. The summed E-state index contributed by atoms with van der Waals surface area (Å²) in [6.07, 6.45) is -7.87. The number of ether oxygens (including phenoxy) is 1. The van der Waals surface area contributed by atoms with Crippen molar-refractivity contribution in [3.05, 3.63) is 12.2 Å². The maximum atomic E-state index is 14.9. The van der Waals surface area contributed by atoms with Gasteiger partial charge in [-0.15, -0.1) is 0 Å². The molecule has 59 heavy (non-hydrogen) atoms. The van der Waals surface area contributed by atoms with E-state index in [4.69, 9.17) is 0 Å². The van der Waals surface area contributed by atoms with Crippen molar-refractivity contribution in [2.24, 2.45) is 0 Å². The van der Waals surface area contributed by atoms with Crippen LogP contribution in [0.1, 0.15) is 6.92 Å². The summed E-state index contributed by atoms with van der Waals surface area (Å²) in [7, 11) is 0. The number of esters is 1. The summed E-state index contributed by atoms with van der Waals surface area (Å²) in [6.45, 7) is 2.30. The summed E-state index contributed by atoms with van der Waals surface area (Å²) in [5.41, 5.74) is -12.3. The first-order valence-corrected chi connectivity index (χ1v) is 12.8. The highest BCUT2D eigenvalue weighted by atomic mass is 19.4. The lowest BCUT2D eigenvalue weighted by atomic mass is 9.75. The highest BCUT2D eigenvalue weighted by molar-refractivity contribution is 5.87. The first kappa shape index (κ1) is 53.8. The van der Waals surface area contributed by atoms with Crippen LogP contribution in [0.5, 0.6) is 0 Å². The number of halogens is 35. The quantitative estimate of drug-likeness (QED) is 0.0796. The lowest BCUT2D eigenvalue weighted by Crippen LogP contribution is -2.83. The third kappa shape index (κ3) is 5.42. The van der Waals surface area contributed by atoms with E-state index in [1.165, 1.54) is 0 Å². The number of rotatable bonds is 13. The number of carbonyl (C=O) groups is 1. The van der Waals surface area contributed by atoms with E-state index in [0.717, 1.165) is 0 Å². The predicted molar refractivity (Wildman–Crippen MR) is 109 cm³/mol. The van der Waals surface area contributed by atoms with E-state index < -0.39 is 118 Å². The van der Waals surface area contributed by atoms with Crippen molar-refractivity contribution in [3.63, 3.8) is 0 Å². The molecule has 0 heterocycles. The Morgan fingerprint density at radius 3 is 0.763 bits per heavy atom. The van der Waals surface area contributed by atoms with Crippen LogP contribution >= 0.6 is 0 Å². The van der Waals surface area contributed by atoms with Gasteiger partial charge in [0.15, 0.2) is 0 Å². The van der Waals surface area contributed by atoms with Crippen molar-refractivity contribution in [1.82, 2.24) is 0 Å². The van der Waals surface area contributed by atoms with E-state index in [2.05, 4.69) is 11.3 Å². The van der Waals surface area contributed by atoms with Crippen molar-refractivity contribution in [2.75, 3.05) is 0 Å². The van der Waals surface area contributed by atoms with Crippen LogP contribution in [0.3, 0.4) is 0 Å². The zero-order chi connectivity index (χ0) is 48.9. The highest BCUT2D eigenvalue weighted by Crippen LogP contribution is 2.76. The SMILES string of the molecule is C=C(C)C(=O)OC(F)(F)C(F)(F)C(F)(F)C(F)(F)C(F)(F)C(F)(F)C(F)(F)C(F)(F)C(F)(F)C(F)(F)C(F)(F)C1(F)C(F)(F)C(F)(F)C(F)(F)C(F)(F)C(F)(F)C1(F)F. The Bertz CT molecular complexity index is 1630. The second-order valence-electron chi connectivity index (χ2n) is 11.5. The Morgan fingerprint density at radius 1 is 0.356 bits per heavy atom. The van der Waals surface area contributed by atoms with E-state index in [9.17, 15) is 158 Å². The first-order valence-electron chi connectivity index (χ1n) is 12.8. The van der Waals surface area contributed by atoms with Crippen molar-refractivity contribution >= 4 is 5.97 Å². The summed E-state index contributed by atoms with van der Waals surface area (Å²) in [4.78, 5) is 10.9. The number of hydrogen-bond acceptors (Lipinski definition) is 2. The van der Waals surface area contributed by atoms with E-state index >= 15 is 0 Å². The van der Waals surface area contributed by atoms with Gasteiger partial charge in [-0.05, 0) is 6.92 Å². The molecule has 0 atom stereocenters. The molecule has 1 rings (SSSR count). The van der Waals surface area contributed by atoms with Gasteiger partial charge in [-0.1, -0.05) is 6.58 Å². The van der Waals surface area contributed by atoms with Crippen LogP contribution in [0, 0.1) is 0 Å². The normalized spacial score (nSPS) is 23.0.